The highest BCUT2D eigenvalue weighted by atomic mass is 19.1. The fourth-order valence-electron chi connectivity index (χ4n) is 1.99. The van der Waals surface area contributed by atoms with Gasteiger partial charge in [-0.3, -0.25) is 0 Å². The predicted molar refractivity (Wildman–Crippen MR) is 71.7 cm³/mol. The molecule has 0 bridgehead atoms. The van der Waals surface area contributed by atoms with Crippen molar-refractivity contribution < 1.29 is 13.5 Å². The normalized spacial score (nSPS) is 10.2. The molecule has 0 unspecified atom stereocenters. The van der Waals surface area contributed by atoms with Crippen LogP contribution >= 0.6 is 0 Å². The summed E-state index contributed by atoms with van der Waals surface area (Å²) in [5, 5.41) is 8.66. The van der Waals surface area contributed by atoms with E-state index >= 15 is 0 Å². The Hall–Kier alpha value is -2.41. The van der Waals surface area contributed by atoms with Gasteiger partial charge < -0.3 is 4.74 Å². The van der Waals surface area contributed by atoms with Crippen LogP contribution in [0.2, 0.25) is 0 Å². The highest BCUT2D eigenvalue weighted by molar-refractivity contribution is 5.44. The minimum absolute atomic E-state index is 0.0774. The van der Waals surface area contributed by atoms with Crippen LogP contribution in [0, 0.1) is 29.9 Å². The maximum absolute atomic E-state index is 13.8. The van der Waals surface area contributed by atoms with E-state index < -0.39 is 17.4 Å². The second-order valence-electron chi connectivity index (χ2n) is 4.38. The number of ether oxygens (including phenoxy) is 1. The molecule has 2 rings (SSSR count). The molecule has 0 N–H and O–H groups in total. The van der Waals surface area contributed by atoms with E-state index in [4.69, 9.17) is 10.00 Å². The highest BCUT2D eigenvalue weighted by Gasteiger charge is 2.15. The lowest BCUT2D eigenvalue weighted by Crippen LogP contribution is -1.97. The molecule has 0 atom stereocenters. The Morgan fingerprint density at radius 2 is 1.85 bits per heavy atom. The van der Waals surface area contributed by atoms with Gasteiger partial charge in [-0.05, 0) is 42.7 Å². The van der Waals surface area contributed by atoms with Gasteiger partial charge in [0.05, 0.1) is 11.6 Å². The topological polar surface area (TPSA) is 33.0 Å². The third kappa shape index (κ3) is 2.62. The molecule has 0 saturated heterocycles. The molecule has 0 amide bonds. The van der Waals surface area contributed by atoms with E-state index in [0.717, 1.165) is 29.7 Å². The van der Waals surface area contributed by atoms with Crippen molar-refractivity contribution in [3.8, 4) is 17.6 Å². The summed E-state index contributed by atoms with van der Waals surface area (Å²) in [5.41, 5.74) is 1.82. The second kappa shape index (κ2) is 5.70. The quantitative estimate of drug-likeness (QED) is 0.824. The molecule has 0 heterocycles. The van der Waals surface area contributed by atoms with Crippen LogP contribution in [0.25, 0.3) is 0 Å². The zero-order valence-corrected chi connectivity index (χ0v) is 11.2. The third-order valence-corrected chi connectivity index (χ3v) is 3.12. The number of rotatable bonds is 3. The maximum atomic E-state index is 13.8. The first kappa shape index (κ1) is 14.0. The van der Waals surface area contributed by atoms with Crippen molar-refractivity contribution in [1.29, 1.82) is 5.26 Å². The van der Waals surface area contributed by atoms with Crippen molar-refractivity contribution in [3.63, 3.8) is 0 Å². The fourth-order valence-corrected chi connectivity index (χ4v) is 1.99. The Labute approximate surface area is 116 Å². The van der Waals surface area contributed by atoms with E-state index in [1.807, 2.05) is 19.9 Å². The molecule has 0 fully saturated rings. The van der Waals surface area contributed by atoms with E-state index in [-0.39, 0.29) is 5.56 Å². The first-order chi connectivity index (χ1) is 9.56. The van der Waals surface area contributed by atoms with Crippen LogP contribution in [0.5, 0.6) is 11.5 Å². The average Bonchev–Trinajstić information content (AvgIpc) is 2.44. The number of nitrogens with zero attached hydrogens (tertiary/aromatic N) is 1. The summed E-state index contributed by atoms with van der Waals surface area (Å²) in [7, 11) is 0. The molecule has 0 saturated carbocycles. The molecule has 0 spiro atoms. The molecule has 0 aliphatic rings. The lowest BCUT2D eigenvalue weighted by molar-refractivity contribution is 0.404. The minimum Gasteiger partial charge on any atom is -0.451 e. The molecule has 0 aliphatic heterocycles. The molecule has 0 aromatic heterocycles. The van der Waals surface area contributed by atoms with Crippen LogP contribution in [0.1, 0.15) is 23.6 Å². The van der Waals surface area contributed by atoms with Crippen molar-refractivity contribution >= 4 is 0 Å². The SMILES string of the molecule is CCc1cccc(Oc2c(F)cc(C#N)cc2F)c1C. The lowest BCUT2D eigenvalue weighted by atomic mass is 10.1. The summed E-state index contributed by atoms with van der Waals surface area (Å²) < 4.78 is 32.9. The first-order valence-corrected chi connectivity index (χ1v) is 6.22. The van der Waals surface area contributed by atoms with Crippen LogP contribution in [0.3, 0.4) is 0 Å². The molecule has 4 heteroatoms. The van der Waals surface area contributed by atoms with Crippen molar-refractivity contribution in [2.24, 2.45) is 0 Å². The Kier molecular flexibility index (Phi) is 3.99. The summed E-state index contributed by atoms with van der Waals surface area (Å²) in [5.74, 6) is -1.85. The zero-order valence-electron chi connectivity index (χ0n) is 11.2. The third-order valence-electron chi connectivity index (χ3n) is 3.12. The molecular weight excluding hydrogens is 260 g/mol. The summed E-state index contributed by atoms with van der Waals surface area (Å²) >= 11 is 0. The fraction of sp³-hybridized carbons (Fsp3) is 0.188. The van der Waals surface area contributed by atoms with Crippen LogP contribution in [-0.2, 0) is 6.42 Å². The van der Waals surface area contributed by atoms with E-state index in [2.05, 4.69) is 0 Å². The van der Waals surface area contributed by atoms with Gasteiger partial charge in [0.15, 0.2) is 17.4 Å². The number of halogens is 2. The predicted octanol–water partition coefficient (Wildman–Crippen LogP) is 4.50. The number of nitriles is 1. The zero-order chi connectivity index (χ0) is 14.7. The smallest absolute Gasteiger partial charge is 0.198 e. The standard InChI is InChI=1S/C16H13F2NO/c1-3-12-5-4-6-15(10(12)2)20-16-13(17)7-11(9-19)8-14(16)18/h4-8H,3H2,1-2H3. The van der Waals surface area contributed by atoms with Gasteiger partial charge >= 0.3 is 0 Å². The second-order valence-corrected chi connectivity index (χ2v) is 4.38. The Balaban J connectivity index is 2.43. The number of aryl methyl sites for hydroxylation is 1. The molecule has 2 aromatic carbocycles. The Morgan fingerprint density at radius 3 is 2.40 bits per heavy atom. The van der Waals surface area contributed by atoms with E-state index in [9.17, 15) is 8.78 Å². The van der Waals surface area contributed by atoms with Crippen LogP contribution in [-0.4, -0.2) is 0 Å². The van der Waals surface area contributed by atoms with Gasteiger partial charge in [-0.2, -0.15) is 5.26 Å². The molecule has 2 nitrogen and oxygen atoms in total. The number of hydrogen-bond donors (Lipinski definition) is 0. The van der Waals surface area contributed by atoms with Gasteiger partial charge in [0.1, 0.15) is 5.75 Å². The highest BCUT2D eigenvalue weighted by Crippen LogP contribution is 2.31. The largest absolute Gasteiger partial charge is 0.451 e. The molecule has 0 radical (unpaired) electrons. The van der Waals surface area contributed by atoms with Crippen molar-refractivity contribution in [2.45, 2.75) is 20.3 Å². The van der Waals surface area contributed by atoms with Gasteiger partial charge in [-0.1, -0.05) is 19.1 Å². The van der Waals surface area contributed by atoms with Gasteiger partial charge in [0.25, 0.3) is 0 Å². The van der Waals surface area contributed by atoms with Crippen LogP contribution < -0.4 is 4.74 Å². The number of hydrogen-bond acceptors (Lipinski definition) is 2. The van der Waals surface area contributed by atoms with Crippen molar-refractivity contribution in [1.82, 2.24) is 0 Å². The van der Waals surface area contributed by atoms with Crippen molar-refractivity contribution in [2.75, 3.05) is 0 Å². The first-order valence-electron chi connectivity index (χ1n) is 6.22. The molecular formula is C16H13F2NO. The van der Waals surface area contributed by atoms with Gasteiger partial charge in [-0.15, -0.1) is 0 Å². The number of benzene rings is 2. The van der Waals surface area contributed by atoms with Gasteiger partial charge in [0.2, 0.25) is 0 Å². The molecule has 20 heavy (non-hydrogen) atoms. The molecule has 102 valence electrons. The van der Waals surface area contributed by atoms with E-state index in [1.165, 1.54) is 0 Å². The van der Waals surface area contributed by atoms with E-state index in [1.54, 1.807) is 18.2 Å². The average molecular weight is 273 g/mol. The van der Waals surface area contributed by atoms with Crippen molar-refractivity contribution in [3.05, 3.63) is 58.7 Å². The Morgan fingerprint density at radius 1 is 1.20 bits per heavy atom. The van der Waals surface area contributed by atoms with E-state index in [0.29, 0.717) is 5.75 Å². The minimum atomic E-state index is -0.886. The van der Waals surface area contributed by atoms with Gasteiger partial charge in [-0.25, -0.2) is 8.78 Å². The lowest BCUT2D eigenvalue weighted by Gasteiger charge is -2.12. The maximum Gasteiger partial charge on any atom is 0.198 e. The van der Waals surface area contributed by atoms with Gasteiger partial charge in [0, 0.05) is 0 Å². The van der Waals surface area contributed by atoms with Crippen LogP contribution in [0.15, 0.2) is 30.3 Å². The summed E-state index contributed by atoms with van der Waals surface area (Å²) in [4.78, 5) is 0. The molecule has 2 aromatic rings. The Bertz CT molecular complexity index is 666. The summed E-state index contributed by atoms with van der Waals surface area (Å²) in [6.07, 6.45) is 0.807. The monoisotopic (exact) mass is 273 g/mol. The summed E-state index contributed by atoms with van der Waals surface area (Å²) in [6, 6.07) is 8.98. The van der Waals surface area contributed by atoms with Crippen LogP contribution in [0.4, 0.5) is 8.78 Å². The summed E-state index contributed by atoms with van der Waals surface area (Å²) in [6.45, 7) is 3.84. The molecule has 0 aliphatic carbocycles.